The Balaban J connectivity index is 1.49. The fourth-order valence-corrected chi connectivity index (χ4v) is 5.64. The van der Waals surface area contributed by atoms with Gasteiger partial charge in [0, 0.05) is 28.5 Å². The van der Waals surface area contributed by atoms with Gasteiger partial charge in [0.1, 0.15) is 6.33 Å². The molecule has 0 aliphatic rings. The molecule has 5 aromatic rings. The Hall–Kier alpha value is -5.27. The van der Waals surface area contributed by atoms with Gasteiger partial charge in [-0.25, -0.2) is 8.42 Å². The highest BCUT2D eigenvalue weighted by Crippen LogP contribution is 2.29. The molecule has 0 radical (unpaired) electrons. The van der Waals surface area contributed by atoms with Gasteiger partial charge in [-0.2, -0.15) is 9.78 Å². The molecule has 0 spiro atoms. The van der Waals surface area contributed by atoms with Gasteiger partial charge < -0.3 is 10.1 Å². The van der Waals surface area contributed by atoms with Crippen molar-refractivity contribution in [2.75, 3.05) is 13.4 Å². The summed E-state index contributed by atoms with van der Waals surface area (Å²) in [6, 6.07) is 22.3. The number of carbonyl (C=O) groups excluding carboxylic acids is 2. The van der Waals surface area contributed by atoms with Crippen molar-refractivity contribution in [3.63, 3.8) is 0 Å². The first-order chi connectivity index (χ1) is 22.1. The molecule has 0 saturated carbocycles. The minimum atomic E-state index is -3.78. The average Bonchev–Trinajstić information content (AvgIpc) is 3.58. The molecule has 1 N–H and O–H groups in total. The fourth-order valence-electron chi connectivity index (χ4n) is 4.69. The van der Waals surface area contributed by atoms with Gasteiger partial charge in [0.15, 0.2) is 14.9 Å². The second-order valence-corrected chi connectivity index (χ2v) is 12.6. The number of esters is 1. The fraction of sp³-hybridized carbons (Fsp3) is 0.156. The number of nitrogens with one attached hydrogen (secondary N) is 1. The first kappa shape index (κ1) is 32.1. The molecule has 5 rings (SSSR count). The molecule has 0 aliphatic heterocycles. The van der Waals surface area contributed by atoms with E-state index >= 15 is 0 Å². The molecule has 0 aliphatic carbocycles. The van der Waals surface area contributed by atoms with Crippen molar-refractivity contribution in [2.24, 2.45) is 0 Å². The van der Waals surface area contributed by atoms with Crippen molar-refractivity contribution in [1.29, 1.82) is 0 Å². The lowest BCUT2D eigenvalue weighted by Gasteiger charge is -2.19. The first-order valence-electron chi connectivity index (χ1n) is 13.9. The van der Waals surface area contributed by atoms with E-state index in [0.717, 1.165) is 11.8 Å². The summed E-state index contributed by atoms with van der Waals surface area (Å²) in [5.41, 5.74) is 4.03. The molecular formula is C32H28ClN7O5S. The molecule has 2 heterocycles. The third-order valence-corrected chi connectivity index (χ3v) is 8.17. The highest BCUT2D eigenvalue weighted by molar-refractivity contribution is 7.90. The number of carbonyl (C=O) groups is 2. The third-order valence-electron chi connectivity index (χ3n) is 6.93. The van der Waals surface area contributed by atoms with Crippen LogP contribution >= 0.6 is 11.6 Å². The number of nitrogens with zero attached hydrogens (tertiary/aromatic N) is 6. The zero-order chi connectivity index (χ0) is 32.7. The number of aromatic nitrogens is 6. The molecule has 1 amide bonds. The summed E-state index contributed by atoms with van der Waals surface area (Å²) in [4.78, 5) is 25.1. The van der Waals surface area contributed by atoms with Gasteiger partial charge in [0.25, 0.3) is 0 Å². The number of hydrogen-bond donors (Lipinski definition) is 1. The summed E-state index contributed by atoms with van der Waals surface area (Å²) in [6.07, 6.45) is 5.85. The van der Waals surface area contributed by atoms with Crippen LogP contribution in [0.15, 0.2) is 96.3 Å². The Morgan fingerprint density at radius 1 is 1.00 bits per heavy atom. The molecule has 0 fully saturated rings. The second-order valence-electron chi connectivity index (χ2n) is 10.3. The lowest BCUT2D eigenvalue weighted by Crippen LogP contribution is -2.29. The van der Waals surface area contributed by atoms with Crippen molar-refractivity contribution >= 4 is 39.4 Å². The van der Waals surface area contributed by atoms with Crippen LogP contribution in [0.25, 0.3) is 22.9 Å². The van der Waals surface area contributed by atoms with E-state index in [1.54, 1.807) is 54.6 Å². The standard InChI is InChI=1S/C32H28ClN7O5S/c1-45-31(42)17-22-8-10-23(11-9-22)26-19-28(36-37-32(26)46(2,43)44)27(16-21-6-4-3-5-7-21)35-30(41)15-12-24-18-25(33)13-14-29(24)40-20-34-38-39-40/h3-15,18-20,27H,16-17H2,1-2H3,(H,35,41)/b15-12+/t27-/m0/s1. The van der Waals surface area contributed by atoms with Gasteiger partial charge in [-0.15, -0.1) is 10.2 Å². The number of amides is 1. The first-order valence-corrected chi connectivity index (χ1v) is 16.2. The Kier molecular flexibility index (Phi) is 9.94. The summed E-state index contributed by atoms with van der Waals surface area (Å²) in [6.45, 7) is 0. The lowest BCUT2D eigenvalue weighted by molar-refractivity contribution is -0.139. The topological polar surface area (TPSA) is 159 Å². The number of rotatable bonds is 11. The van der Waals surface area contributed by atoms with Gasteiger partial charge in [-0.3, -0.25) is 9.59 Å². The maximum atomic E-state index is 13.3. The van der Waals surface area contributed by atoms with E-state index in [1.165, 1.54) is 24.2 Å². The van der Waals surface area contributed by atoms with E-state index in [0.29, 0.717) is 45.1 Å². The maximum absolute atomic E-state index is 13.3. The van der Waals surface area contributed by atoms with Gasteiger partial charge >= 0.3 is 5.97 Å². The van der Waals surface area contributed by atoms with E-state index in [1.807, 2.05) is 30.3 Å². The smallest absolute Gasteiger partial charge is 0.309 e. The second kappa shape index (κ2) is 14.2. The molecule has 46 heavy (non-hydrogen) atoms. The predicted octanol–water partition coefficient (Wildman–Crippen LogP) is 4.01. The number of halogens is 1. The third kappa shape index (κ3) is 8.06. The van der Waals surface area contributed by atoms with E-state index in [2.05, 4.69) is 31.0 Å². The van der Waals surface area contributed by atoms with Crippen LogP contribution in [-0.4, -0.2) is 64.1 Å². The quantitative estimate of drug-likeness (QED) is 0.162. The molecular weight excluding hydrogens is 630 g/mol. The number of methoxy groups -OCH3 is 1. The zero-order valence-electron chi connectivity index (χ0n) is 24.7. The van der Waals surface area contributed by atoms with E-state index in [9.17, 15) is 18.0 Å². The van der Waals surface area contributed by atoms with Crippen LogP contribution in [0.2, 0.25) is 5.02 Å². The monoisotopic (exact) mass is 657 g/mol. The van der Waals surface area contributed by atoms with Crippen LogP contribution in [0, 0.1) is 0 Å². The molecule has 1 atom stereocenters. The summed E-state index contributed by atoms with van der Waals surface area (Å²) < 4.78 is 31.6. The Morgan fingerprint density at radius 3 is 2.43 bits per heavy atom. The van der Waals surface area contributed by atoms with Crippen molar-refractivity contribution in [3.8, 4) is 16.8 Å². The normalized spacial score (nSPS) is 12.2. The summed E-state index contributed by atoms with van der Waals surface area (Å²) in [7, 11) is -2.47. The van der Waals surface area contributed by atoms with Crippen molar-refractivity contribution in [1.82, 2.24) is 35.7 Å². The molecule has 0 unspecified atom stereocenters. The van der Waals surface area contributed by atoms with Gasteiger partial charge in [0.2, 0.25) is 5.91 Å². The Bertz CT molecular complexity index is 1990. The largest absolute Gasteiger partial charge is 0.469 e. The van der Waals surface area contributed by atoms with Crippen LogP contribution in [0.5, 0.6) is 0 Å². The highest BCUT2D eigenvalue weighted by atomic mass is 35.5. The average molecular weight is 658 g/mol. The van der Waals surface area contributed by atoms with E-state index in [-0.39, 0.29) is 11.4 Å². The van der Waals surface area contributed by atoms with Gasteiger partial charge in [-0.1, -0.05) is 66.2 Å². The molecule has 3 aromatic carbocycles. The van der Waals surface area contributed by atoms with E-state index < -0.39 is 27.8 Å². The number of tetrazole rings is 1. The number of ether oxygens (including phenoxy) is 1. The van der Waals surface area contributed by atoms with Crippen LogP contribution in [0.4, 0.5) is 0 Å². The Morgan fingerprint density at radius 2 is 1.76 bits per heavy atom. The van der Waals surface area contributed by atoms with Crippen LogP contribution < -0.4 is 5.32 Å². The van der Waals surface area contributed by atoms with E-state index in [4.69, 9.17) is 16.3 Å². The molecule has 2 aromatic heterocycles. The highest BCUT2D eigenvalue weighted by Gasteiger charge is 2.23. The van der Waals surface area contributed by atoms with Crippen molar-refractivity contribution < 1.29 is 22.7 Å². The number of benzene rings is 3. The van der Waals surface area contributed by atoms with Crippen LogP contribution in [-0.2, 0) is 37.0 Å². The van der Waals surface area contributed by atoms with Crippen LogP contribution in [0.1, 0.15) is 28.4 Å². The van der Waals surface area contributed by atoms with Crippen molar-refractivity contribution in [2.45, 2.75) is 23.9 Å². The number of sulfone groups is 1. The van der Waals surface area contributed by atoms with Gasteiger partial charge in [-0.05, 0) is 63.9 Å². The SMILES string of the molecule is COC(=O)Cc1ccc(-c2cc([C@H](Cc3ccccc3)NC(=O)/C=C/c3cc(Cl)ccc3-n3cnnn3)nnc2S(C)(=O)=O)cc1. The molecule has 234 valence electrons. The Labute approximate surface area is 270 Å². The number of hydrogen-bond acceptors (Lipinski definition) is 10. The minimum Gasteiger partial charge on any atom is -0.469 e. The summed E-state index contributed by atoms with van der Waals surface area (Å²) in [5, 5.41) is 22.8. The summed E-state index contributed by atoms with van der Waals surface area (Å²) in [5.74, 6) is -0.834. The molecule has 0 saturated heterocycles. The molecule has 12 nitrogen and oxygen atoms in total. The maximum Gasteiger partial charge on any atom is 0.309 e. The lowest BCUT2D eigenvalue weighted by atomic mass is 9.99. The summed E-state index contributed by atoms with van der Waals surface area (Å²) >= 11 is 6.22. The molecule has 14 heteroatoms. The van der Waals surface area contributed by atoms with Crippen molar-refractivity contribution in [3.05, 3.63) is 119 Å². The predicted molar refractivity (Wildman–Crippen MR) is 171 cm³/mol. The zero-order valence-corrected chi connectivity index (χ0v) is 26.3. The van der Waals surface area contributed by atoms with Crippen LogP contribution in [0.3, 0.4) is 0 Å². The van der Waals surface area contributed by atoms with Gasteiger partial charge in [0.05, 0.1) is 31.0 Å². The molecule has 0 bridgehead atoms. The minimum absolute atomic E-state index is 0.0701.